The number of para-hydroxylation sites is 2. The van der Waals surface area contributed by atoms with Gasteiger partial charge in [0.25, 0.3) is 0 Å². The lowest BCUT2D eigenvalue weighted by Gasteiger charge is -2.15. The lowest BCUT2D eigenvalue weighted by Crippen LogP contribution is -2.32. The van der Waals surface area contributed by atoms with E-state index in [1.165, 1.54) is 32.4 Å². The maximum Gasteiger partial charge on any atom is 0.418 e. The Morgan fingerprint density at radius 3 is 2.37 bits per heavy atom. The number of carbonyl (C=O) groups excluding carboxylic acids is 1. The molecule has 0 bridgehead atoms. The van der Waals surface area contributed by atoms with Gasteiger partial charge in [-0.15, -0.1) is 0 Å². The second-order valence-electron chi connectivity index (χ2n) is 5.26. The van der Waals surface area contributed by atoms with Crippen molar-refractivity contribution < 1.29 is 32.2 Å². The number of urea groups is 1. The van der Waals surface area contributed by atoms with Crippen LogP contribution in [0.25, 0.3) is 0 Å². The molecular formula is C18H19F3N2O4. The Morgan fingerprint density at radius 1 is 1.00 bits per heavy atom. The number of amides is 2. The van der Waals surface area contributed by atoms with Crippen molar-refractivity contribution in [3.63, 3.8) is 0 Å². The number of alkyl halides is 3. The third kappa shape index (κ3) is 5.44. The highest BCUT2D eigenvalue weighted by Gasteiger charge is 2.33. The van der Waals surface area contributed by atoms with Crippen LogP contribution in [-0.4, -0.2) is 33.4 Å². The minimum atomic E-state index is -4.56. The van der Waals surface area contributed by atoms with Crippen LogP contribution in [-0.2, 0) is 6.18 Å². The topological polar surface area (TPSA) is 68.8 Å². The van der Waals surface area contributed by atoms with Crippen LogP contribution in [0.3, 0.4) is 0 Å². The zero-order valence-electron chi connectivity index (χ0n) is 14.7. The maximum absolute atomic E-state index is 12.9. The average molecular weight is 384 g/mol. The van der Waals surface area contributed by atoms with E-state index in [1.807, 2.05) is 0 Å². The average Bonchev–Trinajstić information content (AvgIpc) is 2.64. The maximum atomic E-state index is 12.9. The molecule has 0 aromatic heterocycles. The zero-order valence-corrected chi connectivity index (χ0v) is 14.7. The summed E-state index contributed by atoms with van der Waals surface area (Å²) in [5.41, 5.74) is -1.24. The molecular weight excluding hydrogens is 365 g/mol. The van der Waals surface area contributed by atoms with Crippen LogP contribution in [0.15, 0.2) is 42.5 Å². The number of nitrogens with one attached hydrogen (secondary N) is 2. The van der Waals surface area contributed by atoms with Gasteiger partial charge in [-0.1, -0.05) is 18.2 Å². The fourth-order valence-electron chi connectivity index (χ4n) is 2.30. The van der Waals surface area contributed by atoms with E-state index in [-0.39, 0.29) is 18.8 Å². The molecule has 0 unspecified atom stereocenters. The molecule has 2 amide bonds. The molecule has 0 radical (unpaired) electrons. The summed E-state index contributed by atoms with van der Waals surface area (Å²) in [5.74, 6) is 1.31. The summed E-state index contributed by atoms with van der Waals surface area (Å²) < 4.78 is 54.6. The predicted octanol–water partition coefficient (Wildman–Crippen LogP) is 3.92. The molecule has 0 fully saturated rings. The molecule has 2 N–H and O–H groups in total. The minimum Gasteiger partial charge on any atom is -0.493 e. The summed E-state index contributed by atoms with van der Waals surface area (Å²) in [4.78, 5) is 11.8. The van der Waals surface area contributed by atoms with Gasteiger partial charge in [-0.3, -0.25) is 0 Å². The fourth-order valence-corrected chi connectivity index (χ4v) is 2.30. The van der Waals surface area contributed by atoms with Crippen LogP contribution in [0.4, 0.5) is 23.7 Å². The quantitative estimate of drug-likeness (QED) is 0.710. The molecule has 0 aliphatic rings. The summed E-state index contributed by atoms with van der Waals surface area (Å²) in [6.45, 7) is 0.151. The van der Waals surface area contributed by atoms with Crippen LogP contribution in [0, 0.1) is 0 Å². The molecule has 0 saturated carbocycles. The van der Waals surface area contributed by atoms with Gasteiger partial charge in [-0.25, -0.2) is 4.79 Å². The van der Waals surface area contributed by atoms with Crippen molar-refractivity contribution in [2.75, 3.05) is 32.7 Å². The SMILES string of the molecule is COc1cccc(OCCNC(=O)Nc2ccccc2C(F)(F)F)c1OC. The number of hydrogen-bond donors (Lipinski definition) is 2. The lowest BCUT2D eigenvalue weighted by atomic mass is 10.1. The Bertz CT molecular complexity index is 781. The third-order valence-corrected chi connectivity index (χ3v) is 3.49. The number of hydrogen-bond acceptors (Lipinski definition) is 4. The van der Waals surface area contributed by atoms with E-state index in [2.05, 4.69) is 10.6 Å². The van der Waals surface area contributed by atoms with E-state index in [0.717, 1.165) is 6.07 Å². The van der Waals surface area contributed by atoms with Crippen molar-refractivity contribution in [1.29, 1.82) is 0 Å². The Morgan fingerprint density at radius 2 is 1.70 bits per heavy atom. The number of carbonyl (C=O) groups is 1. The first-order valence-electron chi connectivity index (χ1n) is 7.91. The lowest BCUT2D eigenvalue weighted by molar-refractivity contribution is -0.136. The summed E-state index contributed by atoms with van der Waals surface area (Å²) >= 11 is 0. The predicted molar refractivity (Wildman–Crippen MR) is 93.5 cm³/mol. The first kappa shape index (κ1) is 20.2. The van der Waals surface area contributed by atoms with E-state index in [1.54, 1.807) is 18.2 Å². The summed E-state index contributed by atoms with van der Waals surface area (Å²) in [6, 6.07) is 9.05. The second-order valence-corrected chi connectivity index (χ2v) is 5.26. The van der Waals surface area contributed by atoms with Crippen LogP contribution in [0.1, 0.15) is 5.56 Å². The van der Waals surface area contributed by atoms with Gasteiger partial charge in [0.1, 0.15) is 6.61 Å². The molecule has 2 rings (SSSR count). The van der Waals surface area contributed by atoms with Gasteiger partial charge in [0.05, 0.1) is 32.0 Å². The summed E-state index contributed by atoms with van der Waals surface area (Å²) in [6.07, 6.45) is -4.56. The Kier molecular flexibility index (Phi) is 6.75. The highest BCUT2D eigenvalue weighted by Crippen LogP contribution is 2.36. The molecule has 2 aromatic carbocycles. The molecule has 27 heavy (non-hydrogen) atoms. The molecule has 0 spiro atoms. The number of anilines is 1. The van der Waals surface area contributed by atoms with E-state index >= 15 is 0 Å². The van der Waals surface area contributed by atoms with Gasteiger partial charge in [0.15, 0.2) is 11.5 Å². The number of methoxy groups -OCH3 is 2. The highest BCUT2D eigenvalue weighted by molar-refractivity contribution is 5.90. The third-order valence-electron chi connectivity index (χ3n) is 3.49. The largest absolute Gasteiger partial charge is 0.493 e. The monoisotopic (exact) mass is 384 g/mol. The number of ether oxygens (including phenoxy) is 3. The van der Waals surface area contributed by atoms with Crippen LogP contribution < -0.4 is 24.8 Å². The smallest absolute Gasteiger partial charge is 0.418 e. The highest BCUT2D eigenvalue weighted by atomic mass is 19.4. The van der Waals surface area contributed by atoms with Crippen molar-refractivity contribution >= 4 is 11.7 Å². The van der Waals surface area contributed by atoms with E-state index in [0.29, 0.717) is 17.2 Å². The van der Waals surface area contributed by atoms with Gasteiger partial charge in [0, 0.05) is 0 Å². The molecule has 9 heteroatoms. The number of rotatable bonds is 7. The normalized spacial score (nSPS) is 10.9. The standard InChI is InChI=1S/C18H19F3N2O4/c1-25-14-8-5-9-15(16(14)26-2)27-11-10-22-17(24)23-13-7-4-3-6-12(13)18(19,20)21/h3-9H,10-11H2,1-2H3,(H2,22,23,24). The Balaban J connectivity index is 1.88. The van der Waals surface area contributed by atoms with Crippen LogP contribution in [0.2, 0.25) is 0 Å². The first-order chi connectivity index (χ1) is 12.9. The molecule has 0 aliphatic carbocycles. The van der Waals surface area contributed by atoms with Gasteiger partial charge >= 0.3 is 12.2 Å². The second kappa shape index (κ2) is 9.02. The van der Waals surface area contributed by atoms with E-state index in [4.69, 9.17) is 14.2 Å². The molecule has 0 saturated heterocycles. The molecule has 146 valence electrons. The van der Waals surface area contributed by atoms with E-state index < -0.39 is 17.8 Å². The first-order valence-corrected chi connectivity index (χ1v) is 7.91. The van der Waals surface area contributed by atoms with Crippen molar-refractivity contribution in [2.45, 2.75) is 6.18 Å². The van der Waals surface area contributed by atoms with Crippen molar-refractivity contribution in [2.24, 2.45) is 0 Å². The van der Waals surface area contributed by atoms with Gasteiger partial charge in [-0.2, -0.15) is 13.2 Å². The van der Waals surface area contributed by atoms with Crippen molar-refractivity contribution in [3.8, 4) is 17.2 Å². The van der Waals surface area contributed by atoms with Gasteiger partial charge in [-0.05, 0) is 24.3 Å². The summed E-state index contributed by atoms with van der Waals surface area (Å²) in [7, 11) is 2.96. The number of benzene rings is 2. The zero-order chi connectivity index (χ0) is 19.9. The van der Waals surface area contributed by atoms with Crippen molar-refractivity contribution in [1.82, 2.24) is 5.32 Å². The minimum absolute atomic E-state index is 0.0698. The van der Waals surface area contributed by atoms with Gasteiger partial charge in [0.2, 0.25) is 5.75 Å². The molecule has 0 atom stereocenters. The van der Waals surface area contributed by atoms with Crippen molar-refractivity contribution in [3.05, 3.63) is 48.0 Å². The van der Waals surface area contributed by atoms with Crippen LogP contribution >= 0.6 is 0 Å². The molecule has 6 nitrogen and oxygen atoms in total. The fraction of sp³-hybridized carbons (Fsp3) is 0.278. The molecule has 0 heterocycles. The van der Waals surface area contributed by atoms with Crippen LogP contribution in [0.5, 0.6) is 17.2 Å². The summed E-state index contributed by atoms with van der Waals surface area (Å²) in [5, 5.41) is 4.62. The Hall–Kier alpha value is -3.10. The molecule has 2 aromatic rings. The number of halogens is 3. The Labute approximate surface area is 154 Å². The molecule has 0 aliphatic heterocycles. The van der Waals surface area contributed by atoms with E-state index in [9.17, 15) is 18.0 Å². The van der Waals surface area contributed by atoms with Gasteiger partial charge < -0.3 is 24.8 Å².